The van der Waals surface area contributed by atoms with E-state index in [1.807, 2.05) is 0 Å². The van der Waals surface area contributed by atoms with E-state index in [1.54, 1.807) is 37.5 Å². The second-order valence-electron chi connectivity index (χ2n) is 4.74. The van der Waals surface area contributed by atoms with Gasteiger partial charge in [-0.2, -0.15) is 0 Å². The van der Waals surface area contributed by atoms with Crippen molar-refractivity contribution in [3.05, 3.63) is 41.8 Å². The van der Waals surface area contributed by atoms with Gasteiger partial charge in [-0.15, -0.1) is 0 Å². The third-order valence-corrected chi connectivity index (χ3v) is 3.35. The van der Waals surface area contributed by atoms with Crippen LogP contribution < -0.4 is 0 Å². The number of carbonyl (C=O) groups excluding carboxylic acids is 1. The Morgan fingerprint density at radius 3 is 2.57 bits per heavy atom. The van der Waals surface area contributed by atoms with Crippen molar-refractivity contribution in [2.24, 2.45) is 0 Å². The van der Waals surface area contributed by atoms with Gasteiger partial charge in [0, 0.05) is 7.05 Å². The van der Waals surface area contributed by atoms with Gasteiger partial charge in [0.1, 0.15) is 11.7 Å². The van der Waals surface area contributed by atoms with E-state index in [4.69, 9.17) is 9.52 Å². The highest BCUT2D eigenvalue weighted by molar-refractivity contribution is 5.97. The molecule has 2 heterocycles. The van der Waals surface area contributed by atoms with Crippen molar-refractivity contribution < 1.29 is 19.1 Å². The number of aliphatic carboxylic acids is 1. The Kier molecular flexibility index (Phi) is 4.07. The first kappa shape index (κ1) is 14.8. The molecule has 0 spiro atoms. The molecule has 0 saturated heterocycles. The van der Waals surface area contributed by atoms with Crippen LogP contribution in [0.5, 0.6) is 0 Å². The van der Waals surface area contributed by atoms with E-state index in [2.05, 4.69) is 4.98 Å². The second kappa shape index (κ2) is 5.78. The number of pyridine rings is 1. The lowest BCUT2D eigenvalue weighted by molar-refractivity contribution is -0.141. The third-order valence-electron chi connectivity index (χ3n) is 3.35. The summed E-state index contributed by atoms with van der Waals surface area (Å²) in [5.74, 6) is -0.811. The highest BCUT2D eigenvalue weighted by Crippen LogP contribution is 2.20. The van der Waals surface area contributed by atoms with Gasteiger partial charge in [0.15, 0.2) is 5.76 Å². The summed E-state index contributed by atoms with van der Waals surface area (Å²) in [6.07, 6.45) is 1.55. The number of carboxylic acids is 1. The lowest BCUT2D eigenvalue weighted by Gasteiger charge is -2.22. The lowest BCUT2D eigenvalue weighted by atomic mass is 10.1. The Morgan fingerprint density at radius 2 is 2.05 bits per heavy atom. The summed E-state index contributed by atoms with van der Waals surface area (Å²) in [7, 11) is 1.46. The first-order valence-electron chi connectivity index (χ1n) is 6.43. The second-order valence-corrected chi connectivity index (χ2v) is 4.74. The topological polar surface area (TPSA) is 83.6 Å². The first-order chi connectivity index (χ1) is 9.91. The molecule has 0 fully saturated rings. The fourth-order valence-corrected chi connectivity index (χ4v) is 1.88. The molecule has 2 aromatic heterocycles. The molecule has 1 amide bonds. The van der Waals surface area contributed by atoms with Gasteiger partial charge < -0.3 is 14.4 Å². The maximum Gasteiger partial charge on any atom is 0.326 e. The number of likely N-dealkylation sites (N-methyl/N-ethyl adjacent to an activating group) is 1. The van der Waals surface area contributed by atoms with Crippen LogP contribution >= 0.6 is 0 Å². The Bertz CT molecular complexity index is 664. The third kappa shape index (κ3) is 2.94. The molecule has 1 unspecified atom stereocenters. The summed E-state index contributed by atoms with van der Waals surface area (Å²) in [5.41, 5.74) is 1.53. The van der Waals surface area contributed by atoms with Gasteiger partial charge in [0.05, 0.1) is 17.5 Å². The zero-order valence-electron chi connectivity index (χ0n) is 12.0. The average Bonchev–Trinajstić information content (AvgIpc) is 2.99. The van der Waals surface area contributed by atoms with Gasteiger partial charge in [0.2, 0.25) is 0 Å². The first-order valence-corrected chi connectivity index (χ1v) is 6.43. The Morgan fingerprint density at radius 1 is 1.33 bits per heavy atom. The number of aromatic nitrogens is 1. The zero-order valence-corrected chi connectivity index (χ0v) is 12.0. The van der Waals surface area contributed by atoms with Crippen LogP contribution in [0.1, 0.15) is 23.0 Å². The Balaban J connectivity index is 2.29. The summed E-state index contributed by atoms with van der Waals surface area (Å²) in [6.45, 7) is 3.17. The van der Waals surface area contributed by atoms with Gasteiger partial charge in [-0.1, -0.05) is 0 Å². The molecule has 0 saturated carbocycles. The number of furan rings is 1. The minimum Gasteiger partial charge on any atom is -0.480 e. The van der Waals surface area contributed by atoms with Gasteiger partial charge >= 0.3 is 5.97 Å². The van der Waals surface area contributed by atoms with E-state index >= 15 is 0 Å². The van der Waals surface area contributed by atoms with Crippen molar-refractivity contribution in [2.45, 2.75) is 19.9 Å². The van der Waals surface area contributed by atoms with Crippen LogP contribution in [-0.4, -0.2) is 40.0 Å². The van der Waals surface area contributed by atoms with E-state index in [-0.39, 0.29) is 5.91 Å². The van der Waals surface area contributed by atoms with Crippen molar-refractivity contribution in [1.82, 2.24) is 9.88 Å². The minimum absolute atomic E-state index is 0.374. The number of hydrogen-bond donors (Lipinski definition) is 1. The summed E-state index contributed by atoms with van der Waals surface area (Å²) in [6, 6.07) is 5.95. The summed E-state index contributed by atoms with van der Waals surface area (Å²) in [4.78, 5) is 28.8. The molecule has 0 radical (unpaired) electrons. The summed E-state index contributed by atoms with van der Waals surface area (Å²) in [5, 5.41) is 8.96. The molecule has 0 aliphatic carbocycles. The van der Waals surface area contributed by atoms with E-state index in [1.165, 1.54) is 18.9 Å². The predicted octanol–water partition coefficient (Wildman–Crippen LogP) is 2.20. The van der Waals surface area contributed by atoms with Gasteiger partial charge in [0.25, 0.3) is 5.91 Å². The molecule has 0 aliphatic rings. The SMILES string of the molecule is Cc1nc(-c2ccco2)ccc1C(=O)N(C)C(C)C(=O)O. The van der Waals surface area contributed by atoms with Gasteiger partial charge in [-0.25, -0.2) is 9.78 Å². The van der Waals surface area contributed by atoms with Gasteiger partial charge in [-0.05, 0) is 38.1 Å². The Hall–Kier alpha value is -2.63. The molecule has 2 rings (SSSR count). The van der Waals surface area contributed by atoms with E-state index in [0.717, 1.165) is 0 Å². The summed E-state index contributed by atoms with van der Waals surface area (Å²) < 4.78 is 5.26. The number of nitrogens with zero attached hydrogens (tertiary/aromatic N) is 2. The van der Waals surface area contributed by atoms with Gasteiger partial charge in [-0.3, -0.25) is 4.79 Å². The molecule has 6 nitrogen and oxygen atoms in total. The van der Waals surface area contributed by atoms with E-state index in [0.29, 0.717) is 22.7 Å². The molecule has 6 heteroatoms. The van der Waals surface area contributed by atoms with Crippen molar-refractivity contribution in [1.29, 1.82) is 0 Å². The largest absolute Gasteiger partial charge is 0.480 e. The maximum absolute atomic E-state index is 12.3. The van der Waals surface area contributed by atoms with Crippen LogP contribution in [0, 0.1) is 6.92 Å². The van der Waals surface area contributed by atoms with Crippen molar-refractivity contribution in [2.75, 3.05) is 7.05 Å². The van der Waals surface area contributed by atoms with Crippen LogP contribution in [0.4, 0.5) is 0 Å². The summed E-state index contributed by atoms with van der Waals surface area (Å²) >= 11 is 0. The fraction of sp³-hybridized carbons (Fsp3) is 0.267. The molecule has 0 bridgehead atoms. The van der Waals surface area contributed by atoms with Crippen molar-refractivity contribution in [3.8, 4) is 11.5 Å². The quantitative estimate of drug-likeness (QED) is 0.932. The number of carboxylic acid groups (broad SMARTS) is 1. The monoisotopic (exact) mass is 288 g/mol. The average molecular weight is 288 g/mol. The number of aryl methyl sites for hydroxylation is 1. The molecule has 0 aliphatic heterocycles. The van der Waals surface area contributed by atoms with Crippen LogP contribution in [0.15, 0.2) is 34.9 Å². The maximum atomic E-state index is 12.3. The Labute approximate surface area is 122 Å². The highest BCUT2D eigenvalue weighted by atomic mass is 16.4. The predicted molar refractivity (Wildman–Crippen MR) is 75.9 cm³/mol. The van der Waals surface area contributed by atoms with Crippen LogP contribution in [0.25, 0.3) is 11.5 Å². The molecule has 21 heavy (non-hydrogen) atoms. The van der Waals surface area contributed by atoms with Crippen molar-refractivity contribution in [3.63, 3.8) is 0 Å². The number of carbonyl (C=O) groups is 2. The molecular formula is C15H16N2O4. The molecule has 1 N–H and O–H groups in total. The smallest absolute Gasteiger partial charge is 0.326 e. The fourth-order valence-electron chi connectivity index (χ4n) is 1.88. The van der Waals surface area contributed by atoms with Crippen LogP contribution in [0.2, 0.25) is 0 Å². The molecule has 1 atom stereocenters. The van der Waals surface area contributed by atoms with E-state index in [9.17, 15) is 9.59 Å². The van der Waals surface area contributed by atoms with Crippen molar-refractivity contribution >= 4 is 11.9 Å². The molecule has 110 valence electrons. The minimum atomic E-state index is -1.05. The van der Waals surface area contributed by atoms with Crippen LogP contribution in [0.3, 0.4) is 0 Å². The molecule has 0 aromatic carbocycles. The number of amides is 1. The molecular weight excluding hydrogens is 272 g/mol. The standard InChI is InChI=1S/C15H16N2O4/c1-9-11(14(18)17(3)10(2)15(19)20)6-7-12(16-9)13-5-4-8-21-13/h4-8,10H,1-3H3,(H,19,20). The zero-order chi connectivity index (χ0) is 15.6. The highest BCUT2D eigenvalue weighted by Gasteiger charge is 2.24. The molecule has 2 aromatic rings. The van der Waals surface area contributed by atoms with E-state index < -0.39 is 12.0 Å². The van der Waals surface area contributed by atoms with Crippen LogP contribution in [-0.2, 0) is 4.79 Å². The normalized spacial score (nSPS) is 12.0. The lowest BCUT2D eigenvalue weighted by Crippen LogP contribution is -2.40. The number of rotatable bonds is 4. The number of hydrogen-bond acceptors (Lipinski definition) is 4.